The highest BCUT2D eigenvalue weighted by molar-refractivity contribution is 5.85. The van der Waals surface area contributed by atoms with Gasteiger partial charge in [0.25, 0.3) is 0 Å². The maximum atomic E-state index is 5.76. The lowest BCUT2D eigenvalue weighted by Gasteiger charge is -2.18. The van der Waals surface area contributed by atoms with E-state index in [4.69, 9.17) is 5.84 Å². The minimum atomic E-state index is -0.0210. The zero-order chi connectivity index (χ0) is 13.1. The van der Waals surface area contributed by atoms with Gasteiger partial charge in [0.05, 0.1) is 6.04 Å². The normalized spacial score (nSPS) is 12.5. The lowest BCUT2D eigenvalue weighted by atomic mass is 9.95. The first kappa shape index (κ1) is 11.8. The zero-order valence-corrected chi connectivity index (χ0v) is 10.5. The van der Waals surface area contributed by atoms with E-state index in [1.165, 1.54) is 5.39 Å². The highest BCUT2D eigenvalue weighted by Gasteiger charge is 2.14. The first-order valence-electron chi connectivity index (χ1n) is 6.24. The van der Waals surface area contributed by atoms with Crippen LogP contribution in [0.15, 0.2) is 67.0 Å². The topological polar surface area (TPSA) is 50.9 Å². The molecule has 0 saturated carbocycles. The number of nitrogens with two attached hydrogens (primary N) is 1. The zero-order valence-electron chi connectivity index (χ0n) is 10.5. The molecule has 1 unspecified atom stereocenters. The van der Waals surface area contributed by atoms with Gasteiger partial charge in [-0.1, -0.05) is 48.5 Å². The second-order valence-corrected chi connectivity index (χ2v) is 4.45. The molecule has 3 nitrogen and oxygen atoms in total. The van der Waals surface area contributed by atoms with Crippen LogP contribution in [0.5, 0.6) is 0 Å². The molecule has 0 fully saturated rings. The Morgan fingerprint density at radius 2 is 1.79 bits per heavy atom. The molecule has 0 aliphatic heterocycles. The van der Waals surface area contributed by atoms with Crippen molar-refractivity contribution in [3.05, 3.63) is 78.1 Å². The van der Waals surface area contributed by atoms with Crippen molar-refractivity contribution in [2.24, 2.45) is 5.84 Å². The molecule has 3 rings (SSSR count). The molecule has 94 valence electrons. The SMILES string of the molecule is NNC(c1ccccc1)c1cccc2cnccc12. The molecule has 3 N–H and O–H groups in total. The summed E-state index contributed by atoms with van der Waals surface area (Å²) in [4.78, 5) is 4.16. The van der Waals surface area contributed by atoms with E-state index in [0.717, 1.165) is 16.5 Å². The van der Waals surface area contributed by atoms with E-state index < -0.39 is 0 Å². The first-order chi connectivity index (χ1) is 9.40. The van der Waals surface area contributed by atoms with Crippen molar-refractivity contribution in [2.75, 3.05) is 0 Å². The molecular formula is C16H15N3. The fourth-order valence-corrected chi connectivity index (χ4v) is 2.41. The van der Waals surface area contributed by atoms with Crippen molar-refractivity contribution >= 4 is 10.8 Å². The smallest absolute Gasteiger partial charge is 0.0716 e. The molecule has 0 aliphatic rings. The molecule has 19 heavy (non-hydrogen) atoms. The Morgan fingerprint density at radius 1 is 0.947 bits per heavy atom. The third kappa shape index (κ3) is 2.21. The number of nitrogens with zero attached hydrogens (tertiary/aromatic N) is 1. The van der Waals surface area contributed by atoms with E-state index in [-0.39, 0.29) is 6.04 Å². The Morgan fingerprint density at radius 3 is 2.58 bits per heavy atom. The van der Waals surface area contributed by atoms with Crippen LogP contribution < -0.4 is 11.3 Å². The summed E-state index contributed by atoms with van der Waals surface area (Å²) in [5, 5.41) is 2.29. The van der Waals surface area contributed by atoms with Crippen LogP contribution in [0.25, 0.3) is 10.8 Å². The summed E-state index contributed by atoms with van der Waals surface area (Å²) in [7, 11) is 0. The highest BCUT2D eigenvalue weighted by Crippen LogP contribution is 2.27. The van der Waals surface area contributed by atoms with Gasteiger partial charge in [0.2, 0.25) is 0 Å². The van der Waals surface area contributed by atoms with E-state index in [1.54, 1.807) is 0 Å². The van der Waals surface area contributed by atoms with Gasteiger partial charge in [-0.2, -0.15) is 0 Å². The average molecular weight is 249 g/mol. The van der Waals surface area contributed by atoms with Gasteiger partial charge in [-0.05, 0) is 22.6 Å². The van der Waals surface area contributed by atoms with E-state index in [2.05, 4.69) is 34.7 Å². The molecule has 0 saturated heterocycles. The average Bonchev–Trinajstić information content (AvgIpc) is 2.49. The number of aromatic nitrogens is 1. The number of rotatable bonds is 3. The second-order valence-electron chi connectivity index (χ2n) is 4.45. The Balaban J connectivity index is 2.17. The van der Waals surface area contributed by atoms with E-state index in [0.29, 0.717) is 0 Å². The lowest BCUT2D eigenvalue weighted by Crippen LogP contribution is -2.28. The van der Waals surface area contributed by atoms with Crippen LogP contribution in [0.4, 0.5) is 0 Å². The van der Waals surface area contributed by atoms with Crippen molar-refractivity contribution in [3.8, 4) is 0 Å². The summed E-state index contributed by atoms with van der Waals surface area (Å²) in [5.41, 5.74) is 5.21. The fourth-order valence-electron chi connectivity index (χ4n) is 2.41. The van der Waals surface area contributed by atoms with Gasteiger partial charge in [0, 0.05) is 17.8 Å². The maximum absolute atomic E-state index is 5.76. The van der Waals surface area contributed by atoms with Crippen LogP contribution in [0.3, 0.4) is 0 Å². The predicted molar refractivity (Wildman–Crippen MR) is 77.4 cm³/mol. The van der Waals surface area contributed by atoms with Crippen molar-refractivity contribution in [2.45, 2.75) is 6.04 Å². The molecular weight excluding hydrogens is 234 g/mol. The minimum absolute atomic E-state index is 0.0210. The van der Waals surface area contributed by atoms with Crippen LogP contribution in [-0.2, 0) is 0 Å². The van der Waals surface area contributed by atoms with E-state index in [1.807, 2.05) is 42.7 Å². The van der Waals surface area contributed by atoms with Gasteiger partial charge < -0.3 is 0 Å². The summed E-state index contributed by atoms with van der Waals surface area (Å²) in [6.45, 7) is 0. The number of hydrazine groups is 1. The quantitative estimate of drug-likeness (QED) is 0.554. The van der Waals surface area contributed by atoms with Crippen molar-refractivity contribution in [3.63, 3.8) is 0 Å². The largest absolute Gasteiger partial charge is 0.271 e. The van der Waals surface area contributed by atoms with Gasteiger partial charge in [-0.25, -0.2) is 5.43 Å². The van der Waals surface area contributed by atoms with Gasteiger partial charge in [-0.15, -0.1) is 0 Å². The first-order valence-corrected chi connectivity index (χ1v) is 6.24. The monoisotopic (exact) mass is 249 g/mol. The number of fused-ring (bicyclic) bond motifs is 1. The standard InChI is InChI=1S/C16H15N3/c17-19-16(12-5-2-1-3-6-12)15-8-4-7-13-11-18-10-9-14(13)15/h1-11,16,19H,17H2. The third-order valence-electron chi connectivity index (χ3n) is 3.33. The molecule has 1 atom stereocenters. The maximum Gasteiger partial charge on any atom is 0.0716 e. The van der Waals surface area contributed by atoms with Crippen LogP contribution in [0, 0.1) is 0 Å². The summed E-state index contributed by atoms with van der Waals surface area (Å²) in [5.74, 6) is 5.76. The van der Waals surface area contributed by atoms with Gasteiger partial charge in [0.1, 0.15) is 0 Å². The molecule has 3 aromatic rings. The fraction of sp³-hybridized carbons (Fsp3) is 0.0625. The van der Waals surface area contributed by atoms with E-state index >= 15 is 0 Å². The minimum Gasteiger partial charge on any atom is -0.271 e. The van der Waals surface area contributed by atoms with Crippen LogP contribution in [0.1, 0.15) is 17.2 Å². The van der Waals surface area contributed by atoms with Gasteiger partial charge >= 0.3 is 0 Å². The van der Waals surface area contributed by atoms with Crippen molar-refractivity contribution in [1.82, 2.24) is 10.4 Å². The molecule has 3 heteroatoms. The summed E-state index contributed by atoms with van der Waals surface area (Å²) >= 11 is 0. The number of hydrogen-bond acceptors (Lipinski definition) is 3. The number of benzene rings is 2. The van der Waals surface area contributed by atoms with E-state index in [9.17, 15) is 0 Å². The lowest BCUT2D eigenvalue weighted by molar-refractivity contribution is 0.641. The Bertz CT molecular complexity index is 674. The van der Waals surface area contributed by atoms with Crippen LogP contribution in [0.2, 0.25) is 0 Å². The van der Waals surface area contributed by atoms with Gasteiger partial charge in [0.15, 0.2) is 0 Å². The van der Waals surface area contributed by atoms with Gasteiger partial charge in [-0.3, -0.25) is 10.8 Å². The Kier molecular flexibility index (Phi) is 3.23. The number of hydrogen-bond donors (Lipinski definition) is 2. The molecule has 0 radical (unpaired) electrons. The molecule has 0 bridgehead atoms. The molecule has 1 heterocycles. The number of nitrogens with one attached hydrogen (secondary N) is 1. The molecule has 2 aromatic carbocycles. The third-order valence-corrected chi connectivity index (χ3v) is 3.33. The predicted octanol–water partition coefficient (Wildman–Crippen LogP) is 2.79. The summed E-state index contributed by atoms with van der Waals surface area (Å²) in [6, 6.07) is 18.4. The number of pyridine rings is 1. The molecule has 0 amide bonds. The van der Waals surface area contributed by atoms with Crippen molar-refractivity contribution < 1.29 is 0 Å². The van der Waals surface area contributed by atoms with Crippen molar-refractivity contribution in [1.29, 1.82) is 0 Å². The Labute approximate surface area is 112 Å². The molecule has 1 aromatic heterocycles. The van der Waals surface area contributed by atoms with Crippen LogP contribution in [-0.4, -0.2) is 4.98 Å². The van der Waals surface area contributed by atoms with Crippen LogP contribution >= 0.6 is 0 Å². The molecule has 0 spiro atoms. The summed E-state index contributed by atoms with van der Waals surface area (Å²) in [6.07, 6.45) is 3.68. The second kappa shape index (κ2) is 5.18. The molecule has 0 aliphatic carbocycles. The summed E-state index contributed by atoms with van der Waals surface area (Å²) < 4.78 is 0. The Hall–Kier alpha value is -2.23. The highest BCUT2D eigenvalue weighted by atomic mass is 15.2.